The average molecular weight is 369 g/mol. The summed E-state index contributed by atoms with van der Waals surface area (Å²) < 4.78 is 0. The van der Waals surface area contributed by atoms with Gasteiger partial charge in [0.25, 0.3) is 0 Å². The molecule has 2 fully saturated rings. The lowest BCUT2D eigenvalue weighted by atomic mass is 10.1. The van der Waals surface area contributed by atoms with Crippen LogP contribution < -0.4 is 4.90 Å². The molecule has 5 nitrogen and oxygen atoms in total. The van der Waals surface area contributed by atoms with E-state index < -0.39 is 0 Å². The van der Waals surface area contributed by atoms with Crippen molar-refractivity contribution in [3.8, 4) is 0 Å². The number of aliphatic hydroxyl groups excluding tert-OH is 1. The van der Waals surface area contributed by atoms with Crippen LogP contribution in [0.3, 0.4) is 0 Å². The third-order valence-corrected chi connectivity index (χ3v) is 5.93. The van der Waals surface area contributed by atoms with E-state index in [1.807, 2.05) is 0 Å². The standard InChI is InChI=1S/C22H32N4O/c1-17-6-7-21-18(13-17)14-19(15-25-9-4-8-24(2)11-12-25)22(23-21)26-10-3-5-20(27)16-26/h6-7,13-14,20,27H,3-5,8-12,15-16H2,1-2H3/t20-/m1/s1. The molecule has 1 aromatic heterocycles. The normalized spacial score (nSPS) is 22.9. The molecule has 0 saturated carbocycles. The monoisotopic (exact) mass is 368 g/mol. The molecule has 0 unspecified atom stereocenters. The second-order valence-electron chi connectivity index (χ2n) is 8.34. The van der Waals surface area contributed by atoms with E-state index in [1.54, 1.807) is 0 Å². The van der Waals surface area contributed by atoms with Crippen molar-refractivity contribution in [2.45, 2.75) is 38.8 Å². The fraction of sp³-hybridized carbons (Fsp3) is 0.591. The van der Waals surface area contributed by atoms with Crippen LogP contribution in [-0.4, -0.2) is 72.3 Å². The van der Waals surface area contributed by atoms with Gasteiger partial charge in [0.1, 0.15) is 5.82 Å². The molecule has 2 aliphatic heterocycles. The third-order valence-electron chi connectivity index (χ3n) is 5.93. The summed E-state index contributed by atoms with van der Waals surface area (Å²) in [6, 6.07) is 8.82. The topological polar surface area (TPSA) is 42.8 Å². The van der Waals surface area contributed by atoms with Crippen LogP contribution in [0, 0.1) is 6.92 Å². The van der Waals surface area contributed by atoms with Gasteiger partial charge in [0.05, 0.1) is 11.6 Å². The Morgan fingerprint density at radius 3 is 2.81 bits per heavy atom. The predicted molar refractivity (Wildman–Crippen MR) is 111 cm³/mol. The van der Waals surface area contributed by atoms with Crippen molar-refractivity contribution in [2.24, 2.45) is 0 Å². The van der Waals surface area contributed by atoms with Gasteiger partial charge in [-0.3, -0.25) is 4.90 Å². The van der Waals surface area contributed by atoms with E-state index >= 15 is 0 Å². The molecule has 0 spiro atoms. The van der Waals surface area contributed by atoms with Crippen LogP contribution in [0.2, 0.25) is 0 Å². The van der Waals surface area contributed by atoms with Crippen LogP contribution in [0.15, 0.2) is 24.3 Å². The van der Waals surface area contributed by atoms with Gasteiger partial charge >= 0.3 is 0 Å². The summed E-state index contributed by atoms with van der Waals surface area (Å²) in [5.74, 6) is 1.07. The highest BCUT2D eigenvalue weighted by atomic mass is 16.3. The Bertz CT molecular complexity index is 793. The summed E-state index contributed by atoms with van der Waals surface area (Å²) in [6.45, 7) is 9.29. The van der Waals surface area contributed by atoms with E-state index in [-0.39, 0.29) is 6.10 Å². The number of rotatable bonds is 3. The molecule has 1 N–H and O–H groups in total. The van der Waals surface area contributed by atoms with Gasteiger partial charge in [-0.25, -0.2) is 4.98 Å². The number of benzene rings is 1. The molecule has 3 heterocycles. The van der Waals surface area contributed by atoms with Crippen molar-refractivity contribution >= 4 is 16.7 Å². The Labute approximate surface area is 162 Å². The number of pyridine rings is 1. The summed E-state index contributed by atoms with van der Waals surface area (Å²) in [5, 5.41) is 11.4. The van der Waals surface area contributed by atoms with E-state index in [2.05, 4.69) is 52.9 Å². The van der Waals surface area contributed by atoms with Gasteiger partial charge in [0.15, 0.2) is 0 Å². The predicted octanol–water partition coefficient (Wildman–Crippen LogP) is 2.64. The van der Waals surface area contributed by atoms with Crippen LogP contribution in [0.25, 0.3) is 10.9 Å². The molecule has 1 aromatic carbocycles. The molecule has 0 aliphatic carbocycles. The zero-order valence-corrected chi connectivity index (χ0v) is 16.7. The highest BCUT2D eigenvalue weighted by Gasteiger charge is 2.23. The number of aliphatic hydroxyl groups is 1. The zero-order valence-electron chi connectivity index (χ0n) is 16.7. The number of likely N-dealkylation sites (N-methyl/N-ethyl adjacent to an activating group) is 1. The molecular formula is C22H32N4O. The molecule has 4 rings (SSSR count). The number of piperidine rings is 1. The van der Waals surface area contributed by atoms with Crippen LogP contribution >= 0.6 is 0 Å². The lowest BCUT2D eigenvalue weighted by molar-refractivity contribution is 0.153. The number of aromatic nitrogens is 1. The van der Waals surface area contributed by atoms with E-state index in [4.69, 9.17) is 4.98 Å². The molecule has 27 heavy (non-hydrogen) atoms. The van der Waals surface area contributed by atoms with Crippen molar-refractivity contribution < 1.29 is 5.11 Å². The first-order chi connectivity index (χ1) is 13.1. The van der Waals surface area contributed by atoms with Gasteiger partial charge < -0.3 is 14.9 Å². The van der Waals surface area contributed by atoms with E-state index in [9.17, 15) is 5.11 Å². The van der Waals surface area contributed by atoms with Gasteiger partial charge in [-0.15, -0.1) is 0 Å². The van der Waals surface area contributed by atoms with Crippen LogP contribution in [0.5, 0.6) is 0 Å². The maximum Gasteiger partial charge on any atom is 0.133 e. The Hall–Kier alpha value is -1.69. The summed E-state index contributed by atoms with van der Waals surface area (Å²) in [7, 11) is 2.21. The molecule has 0 bridgehead atoms. The molecule has 5 heteroatoms. The van der Waals surface area contributed by atoms with Crippen LogP contribution in [0.4, 0.5) is 5.82 Å². The minimum atomic E-state index is -0.242. The lowest BCUT2D eigenvalue weighted by Crippen LogP contribution is -2.39. The van der Waals surface area contributed by atoms with Gasteiger partial charge in [0, 0.05) is 43.7 Å². The SMILES string of the molecule is Cc1ccc2nc(N3CCC[C@@H](O)C3)c(CN3CCCN(C)CC3)cc2c1. The first kappa shape index (κ1) is 18.7. The molecule has 1 atom stereocenters. The summed E-state index contributed by atoms with van der Waals surface area (Å²) in [5.41, 5.74) is 3.62. The maximum atomic E-state index is 10.2. The second-order valence-corrected chi connectivity index (χ2v) is 8.34. The zero-order chi connectivity index (χ0) is 18.8. The first-order valence-corrected chi connectivity index (χ1v) is 10.3. The van der Waals surface area contributed by atoms with Gasteiger partial charge in [0.2, 0.25) is 0 Å². The largest absolute Gasteiger partial charge is 0.391 e. The summed E-state index contributed by atoms with van der Waals surface area (Å²) in [4.78, 5) is 12.3. The Kier molecular flexibility index (Phi) is 5.62. The van der Waals surface area contributed by atoms with E-state index in [0.29, 0.717) is 6.54 Å². The molecule has 2 aliphatic rings. The van der Waals surface area contributed by atoms with E-state index in [0.717, 1.165) is 56.9 Å². The quantitative estimate of drug-likeness (QED) is 0.902. The second kappa shape index (κ2) is 8.13. The Morgan fingerprint density at radius 2 is 1.96 bits per heavy atom. The van der Waals surface area contributed by atoms with E-state index in [1.165, 1.54) is 29.5 Å². The number of hydrogen-bond acceptors (Lipinski definition) is 5. The molecule has 0 radical (unpaired) electrons. The van der Waals surface area contributed by atoms with Crippen LogP contribution in [-0.2, 0) is 6.54 Å². The van der Waals surface area contributed by atoms with Crippen molar-refractivity contribution in [1.82, 2.24) is 14.8 Å². The number of β-amino-alcohol motifs (C(OH)–C–C–N with tert-alkyl or cyclic N) is 1. The summed E-state index contributed by atoms with van der Waals surface area (Å²) in [6.07, 6.45) is 2.91. The molecule has 2 saturated heterocycles. The fourth-order valence-electron chi connectivity index (χ4n) is 4.37. The minimum Gasteiger partial charge on any atom is -0.391 e. The van der Waals surface area contributed by atoms with Gasteiger partial charge in [-0.05, 0) is 64.5 Å². The van der Waals surface area contributed by atoms with Crippen LogP contribution in [0.1, 0.15) is 30.4 Å². The molecule has 0 amide bonds. The van der Waals surface area contributed by atoms with Crippen molar-refractivity contribution in [1.29, 1.82) is 0 Å². The average Bonchev–Trinajstić information content (AvgIpc) is 2.85. The molecule has 146 valence electrons. The molecule has 2 aromatic rings. The number of fused-ring (bicyclic) bond motifs is 1. The maximum absolute atomic E-state index is 10.2. The Balaban J connectivity index is 1.68. The minimum absolute atomic E-state index is 0.242. The van der Waals surface area contributed by atoms with Crippen molar-refractivity contribution in [3.05, 3.63) is 35.4 Å². The van der Waals surface area contributed by atoms with Crippen molar-refractivity contribution in [2.75, 3.05) is 51.2 Å². The van der Waals surface area contributed by atoms with Gasteiger partial charge in [-0.1, -0.05) is 11.6 Å². The fourth-order valence-corrected chi connectivity index (χ4v) is 4.37. The lowest BCUT2D eigenvalue weighted by Gasteiger charge is -2.33. The number of nitrogens with zero attached hydrogens (tertiary/aromatic N) is 4. The highest BCUT2D eigenvalue weighted by Crippen LogP contribution is 2.28. The first-order valence-electron chi connectivity index (χ1n) is 10.3. The summed E-state index contributed by atoms with van der Waals surface area (Å²) >= 11 is 0. The number of aryl methyl sites for hydroxylation is 1. The molecular weight excluding hydrogens is 336 g/mol. The third kappa shape index (κ3) is 4.42. The van der Waals surface area contributed by atoms with Gasteiger partial charge in [-0.2, -0.15) is 0 Å². The number of hydrogen-bond donors (Lipinski definition) is 1. The smallest absolute Gasteiger partial charge is 0.133 e. The Morgan fingerprint density at radius 1 is 1.07 bits per heavy atom. The highest BCUT2D eigenvalue weighted by molar-refractivity contribution is 5.82. The van der Waals surface area contributed by atoms with Crippen molar-refractivity contribution in [3.63, 3.8) is 0 Å². The number of anilines is 1.